The molecule has 0 aliphatic heterocycles. The van der Waals surface area contributed by atoms with E-state index >= 15 is 0 Å². The summed E-state index contributed by atoms with van der Waals surface area (Å²) in [6.45, 7) is 7.69. The first kappa shape index (κ1) is 16.7. The standard InChI is InChI=1S/C19H23O2P/c1-5-13-22(4,21)17-12-7-6-11-16(17)19(20)18-14(2)9-8-10-15(18)3/h6-12H,5,13H2,1-4H3/t22-/m0/s1. The first-order valence-electron chi connectivity index (χ1n) is 7.65. The van der Waals surface area contributed by atoms with Gasteiger partial charge >= 0.3 is 0 Å². The van der Waals surface area contributed by atoms with Gasteiger partial charge in [0.2, 0.25) is 0 Å². The van der Waals surface area contributed by atoms with E-state index in [1.54, 1.807) is 12.7 Å². The minimum atomic E-state index is -2.51. The highest BCUT2D eigenvalue weighted by Gasteiger charge is 2.25. The van der Waals surface area contributed by atoms with Gasteiger partial charge in [-0.3, -0.25) is 4.79 Å². The van der Waals surface area contributed by atoms with Crippen molar-refractivity contribution in [2.45, 2.75) is 27.2 Å². The van der Waals surface area contributed by atoms with Crippen molar-refractivity contribution in [2.24, 2.45) is 0 Å². The summed E-state index contributed by atoms with van der Waals surface area (Å²) in [6, 6.07) is 13.2. The third kappa shape index (κ3) is 3.23. The van der Waals surface area contributed by atoms with Crippen LogP contribution >= 0.6 is 7.14 Å². The molecule has 0 saturated heterocycles. The van der Waals surface area contributed by atoms with Crippen LogP contribution in [0.5, 0.6) is 0 Å². The van der Waals surface area contributed by atoms with Crippen LogP contribution in [0, 0.1) is 13.8 Å². The Morgan fingerprint density at radius 1 is 1.00 bits per heavy atom. The molecule has 2 aromatic rings. The van der Waals surface area contributed by atoms with E-state index in [2.05, 4.69) is 0 Å². The van der Waals surface area contributed by atoms with Crippen molar-refractivity contribution in [3.8, 4) is 0 Å². The number of ketones is 1. The largest absolute Gasteiger partial charge is 0.319 e. The third-order valence-electron chi connectivity index (χ3n) is 4.02. The second-order valence-corrected chi connectivity index (χ2v) is 9.07. The molecule has 1 atom stereocenters. The highest BCUT2D eigenvalue weighted by Crippen LogP contribution is 2.42. The lowest BCUT2D eigenvalue weighted by Gasteiger charge is -2.17. The Morgan fingerprint density at radius 3 is 2.18 bits per heavy atom. The summed E-state index contributed by atoms with van der Waals surface area (Å²) in [7, 11) is -2.51. The minimum absolute atomic E-state index is 0.0237. The molecule has 0 N–H and O–H groups in total. The van der Waals surface area contributed by atoms with Gasteiger partial charge in [0.15, 0.2) is 5.78 Å². The molecule has 0 aliphatic carbocycles. The molecule has 0 spiro atoms. The van der Waals surface area contributed by atoms with E-state index in [1.807, 2.05) is 57.2 Å². The maximum atomic E-state index is 13.0. The zero-order valence-corrected chi connectivity index (χ0v) is 14.6. The molecular formula is C19H23O2P. The molecule has 3 heteroatoms. The Balaban J connectivity index is 2.59. The summed E-state index contributed by atoms with van der Waals surface area (Å²) in [4.78, 5) is 13.0. The number of rotatable bonds is 5. The Labute approximate surface area is 132 Å². The van der Waals surface area contributed by atoms with Crippen LogP contribution in [0.25, 0.3) is 0 Å². The minimum Gasteiger partial charge on any atom is -0.319 e. The van der Waals surface area contributed by atoms with E-state index in [9.17, 15) is 9.36 Å². The van der Waals surface area contributed by atoms with Gasteiger partial charge in [0.25, 0.3) is 0 Å². The van der Waals surface area contributed by atoms with E-state index in [0.717, 1.165) is 23.1 Å². The third-order valence-corrected chi connectivity index (χ3v) is 6.73. The number of benzene rings is 2. The predicted molar refractivity (Wildman–Crippen MR) is 94.1 cm³/mol. The van der Waals surface area contributed by atoms with Crippen molar-refractivity contribution in [2.75, 3.05) is 12.8 Å². The highest BCUT2D eigenvalue weighted by molar-refractivity contribution is 7.71. The van der Waals surface area contributed by atoms with Crippen LogP contribution in [0.4, 0.5) is 0 Å². The molecule has 0 aromatic heterocycles. The highest BCUT2D eigenvalue weighted by atomic mass is 31.2. The van der Waals surface area contributed by atoms with Crippen molar-refractivity contribution in [3.05, 3.63) is 64.7 Å². The summed E-state index contributed by atoms with van der Waals surface area (Å²) in [5.74, 6) is -0.0237. The maximum absolute atomic E-state index is 13.0. The Bertz CT molecular complexity index is 727. The van der Waals surface area contributed by atoms with Crippen molar-refractivity contribution in [1.82, 2.24) is 0 Å². The molecule has 0 amide bonds. The SMILES string of the molecule is CCC[P@](C)(=O)c1ccccc1C(=O)c1c(C)cccc1C. The van der Waals surface area contributed by atoms with Crippen molar-refractivity contribution in [3.63, 3.8) is 0 Å². The van der Waals surface area contributed by atoms with Gasteiger partial charge in [0.1, 0.15) is 7.14 Å². The summed E-state index contributed by atoms with van der Waals surface area (Å²) in [5, 5.41) is 0.713. The van der Waals surface area contributed by atoms with Crippen LogP contribution < -0.4 is 5.30 Å². The second-order valence-electron chi connectivity index (χ2n) is 5.94. The fourth-order valence-corrected chi connectivity index (χ4v) is 5.11. The van der Waals surface area contributed by atoms with Gasteiger partial charge in [-0.05, 0) is 38.1 Å². The Hall–Kier alpha value is -1.66. The Morgan fingerprint density at radius 2 is 1.59 bits per heavy atom. The van der Waals surface area contributed by atoms with Crippen LogP contribution in [0.3, 0.4) is 0 Å². The van der Waals surface area contributed by atoms with Crippen molar-refractivity contribution in [1.29, 1.82) is 0 Å². The number of carbonyl (C=O) groups excluding carboxylic acids is 1. The normalized spacial score (nSPS) is 13.6. The molecule has 0 radical (unpaired) electrons. The van der Waals surface area contributed by atoms with Crippen LogP contribution in [-0.2, 0) is 4.57 Å². The lowest BCUT2D eigenvalue weighted by atomic mass is 9.95. The van der Waals surface area contributed by atoms with Gasteiger partial charge in [-0.25, -0.2) is 0 Å². The zero-order chi connectivity index (χ0) is 16.3. The molecule has 0 bridgehead atoms. The summed E-state index contributed by atoms with van der Waals surface area (Å²) in [5.41, 5.74) is 3.23. The van der Waals surface area contributed by atoms with Gasteiger partial charge in [-0.2, -0.15) is 0 Å². The molecule has 116 valence electrons. The monoisotopic (exact) mass is 314 g/mol. The van der Waals surface area contributed by atoms with Gasteiger partial charge in [-0.1, -0.05) is 49.4 Å². The molecule has 0 fully saturated rings. The van der Waals surface area contributed by atoms with Crippen LogP contribution in [0.2, 0.25) is 0 Å². The molecule has 0 saturated carbocycles. The zero-order valence-electron chi connectivity index (χ0n) is 13.7. The van der Waals surface area contributed by atoms with E-state index in [-0.39, 0.29) is 5.78 Å². The smallest absolute Gasteiger partial charge is 0.194 e. The molecule has 0 heterocycles. The van der Waals surface area contributed by atoms with Crippen LogP contribution in [0.15, 0.2) is 42.5 Å². The average molecular weight is 314 g/mol. The lowest BCUT2D eigenvalue weighted by molar-refractivity contribution is 0.103. The number of aryl methyl sites for hydroxylation is 2. The van der Waals surface area contributed by atoms with Gasteiger partial charge in [-0.15, -0.1) is 0 Å². The van der Waals surface area contributed by atoms with Gasteiger partial charge in [0, 0.05) is 22.6 Å². The topological polar surface area (TPSA) is 34.1 Å². The molecule has 0 aliphatic rings. The van der Waals surface area contributed by atoms with E-state index < -0.39 is 7.14 Å². The van der Waals surface area contributed by atoms with Crippen molar-refractivity contribution >= 4 is 18.2 Å². The van der Waals surface area contributed by atoms with E-state index in [1.165, 1.54) is 0 Å². The molecular weight excluding hydrogens is 291 g/mol. The van der Waals surface area contributed by atoms with Gasteiger partial charge < -0.3 is 4.57 Å². The lowest BCUT2D eigenvalue weighted by Crippen LogP contribution is -2.19. The molecule has 2 aromatic carbocycles. The summed E-state index contributed by atoms with van der Waals surface area (Å²) in [6.07, 6.45) is 1.48. The molecule has 2 rings (SSSR count). The molecule has 0 unspecified atom stereocenters. The number of hydrogen-bond donors (Lipinski definition) is 0. The summed E-state index contributed by atoms with van der Waals surface area (Å²) >= 11 is 0. The summed E-state index contributed by atoms with van der Waals surface area (Å²) < 4.78 is 13.0. The first-order chi connectivity index (χ1) is 10.4. The second kappa shape index (κ2) is 6.62. The fraction of sp³-hybridized carbons (Fsp3) is 0.316. The van der Waals surface area contributed by atoms with E-state index in [0.29, 0.717) is 17.0 Å². The molecule has 22 heavy (non-hydrogen) atoms. The average Bonchev–Trinajstić information content (AvgIpc) is 2.47. The maximum Gasteiger partial charge on any atom is 0.194 e. The first-order valence-corrected chi connectivity index (χ1v) is 9.99. The number of carbonyl (C=O) groups is 1. The van der Waals surface area contributed by atoms with Gasteiger partial charge in [0.05, 0.1) is 0 Å². The Kier molecular flexibility index (Phi) is 5.03. The van der Waals surface area contributed by atoms with E-state index in [4.69, 9.17) is 0 Å². The number of hydrogen-bond acceptors (Lipinski definition) is 2. The molecule has 2 nitrogen and oxygen atoms in total. The predicted octanol–water partition coefficient (Wildman–Crippen LogP) is 4.56. The van der Waals surface area contributed by atoms with Crippen LogP contribution in [-0.4, -0.2) is 18.6 Å². The quantitative estimate of drug-likeness (QED) is 0.599. The fourth-order valence-electron chi connectivity index (χ4n) is 2.93. The van der Waals surface area contributed by atoms with Crippen molar-refractivity contribution < 1.29 is 9.36 Å². The van der Waals surface area contributed by atoms with Crippen LogP contribution in [0.1, 0.15) is 40.4 Å².